The predicted molar refractivity (Wildman–Crippen MR) is 64.1 cm³/mol. The Morgan fingerprint density at radius 1 is 0.929 bits per heavy atom. The standard InChI is InChI=1S/C11H26O2Si/c1-9(12-8)13-14(10(2,3)4)11(5,6)7/h9,14H,1-8H3. The molecule has 0 saturated heterocycles. The molecule has 0 N–H and O–H groups in total. The van der Waals surface area contributed by atoms with Crippen LogP contribution in [0.2, 0.25) is 10.1 Å². The molecule has 1 atom stereocenters. The van der Waals surface area contributed by atoms with E-state index in [0.717, 1.165) is 0 Å². The van der Waals surface area contributed by atoms with Crippen LogP contribution in [0, 0.1) is 0 Å². The molecule has 0 saturated carbocycles. The number of hydrogen-bond acceptors (Lipinski definition) is 2. The second-order valence-corrected chi connectivity index (χ2v) is 10.5. The van der Waals surface area contributed by atoms with Crippen LogP contribution in [0.1, 0.15) is 48.5 Å². The summed E-state index contributed by atoms with van der Waals surface area (Å²) < 4.78 is 11.2. The van der Waals surface area contributed by atoms with Crippen molar-refractivity contribution in [3.05, 3.63) is 0 Å². The first-order chi connectivity index (χ1) is 6.09. The van der Waals surface area contributed by atoms with Gasteiger partial charge in [-0.25, -0.2) is 0 Å². The van der Waals surface area contributed by atoms with Gasteiger partial charge in [0.15, 0.2) is 9.04 Å². The molecular weight excluding hydrogens is 192 g/mol. The third kappa shape index (κ3) is 4.58. The second-order valence-electron chi connectivity index (χ2n) is 6.05. The zero-order chi connectivity index (χ0) is 11.6. The van der Waals surface area contributed by atoms with Gasteiger partial charge in [-0.15, -0.1) is 0 Å². The molecule has 0 bridgehead atoms. The summed E-state index contributed by atoms with van der Waals surface area (Å²) in [5, 5.41) is 0.538. The van der Waals surface area contributed by atoms with E-state index in [1.165, 1.54) is 0 Å². The van der Waals surface area contributed by atoms with Crippen molar-refractivity contribution in [3.8, 4) is 0 Å². The Balaban J connectivity index is 4.59. The van der Waals surface area contributed by atoms with Crippen molar-refractivity contribution in [2.24, 2.45) is 0 Å². The molecule has 14 heavy (non-hydrogen) atoms. The highest BCUT2D eigenvalue weighted by Gasteiger charge is 2.39. The van der Waals surface area contributed by atoms with E-state index in [4.69, 9.17) is 9.16 Å². The first-order valence-electron chi connectivity index (χ1n) is 5.27. The van der Waals surface area contributed by atoms with E-state index >= 15 is 0 Å². The summed E-state index contributed by atoms with van der Waals surface area (Å²) in [6, 6.07) is 0. The van der Waals surface area contributed by atoms with E-state index < -0.39 is 9.04 Å². The average molecular weight is 218 g/mol. The number of rotatable bonds is 3. The highest BCUT2D eigenvalue weighted by Crippen LogP contribution is 2.42. The highest BCUT2D eigenvalue weighted by molar-refractivity contribution is 6.58. The topological polar surface area (TPSA) is 18.5 Å². The van der Waals surface area contributed by atoms with Gasteiger partial charge < -0.3 is 9.16 Å². The van der Waals surface area contributed by atoms with Crippen molar-refractivity contribution in [1.82, 2.24) is 0 Å². The molecule has 0 rings (SSSR count). The van der Waals surface area contributed by atoms with E-state index in [1.54, 1.807) is 7.11 Å². The molecule has 0 heterocycles. The smallest absolute Gasteiger partial charge is 0.190 e. The van der Waals surface area contributed by atoms with Gasteiger partial charge in [0.25, 0.3) is 0 Å². The largest absolute Gasteiger partial charge is 0.395 e. The summed E-state index contributed by atoms with van der Waals surface area (Å²) >= 11 is 0. The second kappa shape index (κ2) is 4.77. The number of ether oxygens (including phenoxy) is 1. The Morgan fingerprint density at radius 2 is 1.29 bits per heavy atom. The fraction of sp³-hybridized carbons (Fsp3) is 1.00. The van der Waals surface area contributed by atoms with Gasteiger partial charge in [0.2, 0.25) is 0 Å². The molecule has 0 aromatic heterocycles. The lowest BCUT2D eigenvalue weighted by atomic mass is 10.2. The van der Waals surface area contributed by atoms with Crippen molar-refractivity contribution >= 4 is 9.04 Å². The lowest BCUT2D eigenvalue weighted by Gasteiger charge is -2.39. The van der Waals surface area contributed by atoms with Crippen LogP contribution in [0.25, 0.3) is 0 Å². The molecule has 0 aliphatic heterocycles. The SMILES string of the molecule is COC(C)O[SiH](C(C)(C)C)C(C)(C)C. The van der Waals surface area contributed by atoms with Gasteiger partial charge in [-0.3, -0.25) is 0 Å². The van der Waals surface area contributed by atoms with Crippen LogP contribution in [0.3, 0.4) is 0 Å². The van der Waals surface area contributed by atoms with Gasteiger partial charge in [0.05, 0.1) is 0 Å². The Bertz CT molecular complexity index is 153. The van der Waals surface area contributed by atoms with Crippen molar-refractivity contribution in [2.45, 2.75) is 64.8 Å². The molecule has 2 nitrogen and oxygen atoms in total. The van der Waals surface area contributed by atoms with Gasteiger partial charge in [-0.05, 0) is 17.0 Å². The van der Waals surface area contributed by atoms with Gasteiger partial charge in [0, 0.05) is 7.11 Å². The molecule has 0 radical (unpaired) electrons. The van der Waals surface area contributed by atoms with Crippen molar-refractivity contribution in [2.75, 3.05) is 7.11 Å². The predicted octanol–water partition coefficient (Wildman–Crippen LogP) is 3.32. The molecule has 0 aliphatic carbocycles. The summed E-state index contributed by atoms with van der Waals surface area (Å²) in [5.74, 6) is 0. The van der Waals surface area contributed by atoms with Crippen LogP contribution in [-0.4, -0.2) is 22.4 Å². The fourth-order valence-electron chi connectivity index (χ4n) is 1.95. The van der Waals surface area contributed by atoms with Crippen LogP contribution in [0.5, 0.6) is 0 Å². The minimum atomic E-state index is -1.31. The van der Waals surface area contributed by atoms with E-state index in [1.807, 2.05) is 6.92 Å². The Labute approximate surface area is 90.7 Å². The highest BCUT2D eigenvalue weighted by atomic mass is 28.3. The lowest BCUT2D eigenvalue weighted by Crippen LogP contribution is -2.41. The molecule has 0 spiro atoms. The van der Waals surface area contributed by atoms with E-state index in [2.05, 4.69) is 41.5 Å². The third-order valence-corrected chi connectivity index (χ3v) is 6.03. The van der Waals surface area contributed by atoms with E-state index in [9.17, 15) is 0 Å². The minimum absolute atomic E-state index is 0.0786. The monoisotopic (exact) mass is 218 g/mol. The Hall–Kier alpha value is 0.137. The van der Waals surface area contributed by atoms with Crippen LogP contribution in [0.15, 0.2) is 0 Å². The van der Waals surface area contributed by atoms with E-state index in [0.29, 0.717) is 0 Å². The maximum Gasteiger partial charge on any atom is 0.190 e. The molecule has 3 heteroatoms. The van der Waals surface area contributed by atoms with Gasteiger partial charge >= 0.3 is 0 Å². The van der Waals surface area contributed by atoms with Crippen molar-refractivity contribution in [3.63, 3.8) is 0 Å². The quantitative estimate of drug-likeness (QED) is 0.534. The van der Waals surface area contributed by atoms with Crippen molar-refractivity contribution in [1.29, 1.82) is 0 Å². The summed E-state index contributed by atoms with van der Waals surface area (Å²) in [5.41, 5.74) is 0. The van der Waals surface area contributed by atoms with Crippen LogP contribution >= 0.6 is 0 Å². The Kier molecular flexibility index (Phi) is 4.82. The molecule has 0 fully saturated rings. The molecular formula is C11H26O2Si. The maximum absolute atomic E-state index is 6.05. The lowest BCUT2D eigenvalue weighted by molar-refractivity contribution is -0.0466. The van der Waals surface area contributed by atoms with E-state index in [-0.39, 0.29) is 16.4 Å². The minimum Gasteiger partial charge on any atom is -0.395 e. The maximum atomic E-state index is 6.05. The summed E-state index contributed by atoms with van der Waals surface area (Å²) in [6.07, 6.45) is -0.0786. The average Bonchev–Trinajstić information content (AvgIpc) is 1.95. The number of hydrogen-bond donors (Lipinski definition) is 0. The molecule has 1 unspecified atom stereocenters. The van der Waals surface area contributed by atoms with Gasteiger partial charge in [-0.2, -0.15) is 0 Å². The molecule has 86 valence electrons. The van der Waals surface area contributed by atoms with Crippen LogP contribution < -0.4 is 0 Å². The zero-order valence-electron chi connectivity index (χ0n) is 11.0. The third-order valence-electron chi connectivity index (χ3n) is 2.23. The first-order valence-corrected chi connectivity index (χ1v) is 6.90. The molecule has 0 aliphatic rings. The summed E-state index contributed by atoms with van der Waals surface area (Å²) in [4.78, 5) is 0. The van der Waals surface area contributed by atoms with Crippen LogP contribution in [-0.2, 0) is 9.16 Å². The first kappa shape index (κ1) is 14.1. The summed E-state index contributed by atoms with van der Waals surface area (Å²) in [7, 11) is 0.385. The fourth-order valence-corrected chi connectivity index (χ4v) is 5.86. The summed E-state index contributed by atoms with van der Waals surface area (Å²) in [6.45, 7) is 15.5. The zero-order valence-corrected chi connectivity index (χ0v) is 12.1. The molecule has 0 aromatic carbocycles. The van der Waals surface area contributed by atoms with Gasteiger partial charge in [-0.1, -0.05) is 41.5 Å². The number of methoxy groups -OCH3 is 1. The molecule has 0 aromatic rings. The Morgan fingerprint density at radius 3 is 1.50 bits per heavy atom. The normalized spacial score (nSPS) is 16.1. The molecule has 0 amide bonds. The van der Waals surface area contributed by atoms with Crippen molar-refractivity contribution < 1.29 is 9.16 Å². The van der Waals surface area contributed by atoms with Crippen LogP contribution in [0.4, 0.5) is 0 Å². The van der Waals surface area contributed by atoms with Gasteiger partial charge in [0.1, 0.15) is 6.29 Å².